The van der Waals surface area contributed by atoms with Crippen LogP contribution in [0.15, 0.2) is 64.9 Å². The third-order valence-corrected chi connectivity index (χ3v) is 6.86. The molecule has 0 spiro atoms. The predicted octanol–water partition coefficient (Wildman–Crippen LogP) is 1.73. The molecule has 3 atom stereocenters. The van der Waals surface area contributed by atoms with Crippen molar-refractivity contribution in [1.82, 2.24) is 20.3 Å². The number of aliphatic imine (C=N–C) groups is 1. The summed E-state index contributed by atoms with van der Waals surface area (Å²) in [6.45, 7) is 0.661. The lowest BCUT2D eigenvalue weighted by Gasteiger charge is -2.45. The van der Waals surface area contributed by atoms with Gasteiger partial charge < -0.3 is 16.0 Å². The number of hydrazine groups is 1. The van der Waals surface area contributed by atoms with Gasteiger partial charge in [0.15, 0.2) is 11.9 Å². The number of aldehydes is 1. The number of rotatable bonds is 6. The number of nitrogens with one attached hydrogen (secondary N) is 1. The summed E-state index contributed by atoms with van der Waals surface area (Å²) < 4.78 is 14.5. The van der Waals surface area contributed by atoms with Gasteiger partial charge in [-0.3, -0.25) is 19.6 Å². The monoisotopic (exact) mass is 473 g/mol. The van der Waals surface area contributed by atoms with Gasteiger partial charge in [-0.2, -0.15) is 0 Å². The minimum Gasteiger partial charge on any atom is -0.385 e. The molecule has 6 rings (SSSR count). The van der Waals surface area contributed by atoms with Gasteiger partial charge in [0.25, 0.3) is 0 Å². The van der Waals surface area contributed by atoms with Crippen molar-refractivity contribution in [2.24, 2.45) is 10.7 Å². The molecule has 1 aliphatic carbocycles. The van der Waals surface area contributed by atoms with Crippen LogP contribution in [0.5, 0.6) is 0 Å². The summed E-state index contributed by atoms with van der Waals surface area (Å²) in [5.41, 5.74) is 10.7. The van der Waals surface area contributed by atoms with Crippen LogP contribution in [0.1, 0.15) is 22.3 Å². The zero-order chi connectivity index (χ0) is 24.3. The first-order valence-corrected chi connectivity index (χ1v) is 11.5. The Balaban J connectivity index is 1.46. The van der Waals surface area contributed by atoms with Crippen LogP contribution >= 0.6 is 0 Å². The molecule has 1 amide bonds. The summed E-state index contributed by atoms with van der Waals surface area (Å²) in [6, 6.07) is 8.23. The number of anilines is 1. The maximum atomic E-state index is 14.5. The number of halogens is 1. The highest BCUT2D eigenvalue weighted by molar-refractivity contribution is 5.98. The maximum Gasteiger partial charge on any atom is 0.247 e. The van der Waals surface area contributed by atoms with Crippen molar-refractivity contribution in [3.63, 3.8) is 0 Å². The van der Waals surface area contributed by atoms with Crippen LogP contribution in [0.25, 0.3) is 11.3 Å². The third-order valence-electron chi connectivity index (χ3n) is 6.86. The molecule has 0 bridgehead atoms. The number of aromatic nitrogens is 1. The number of fused-ring (bicyclic) bond motifs is 2. The molecule has 1 aromatic heterocycles. The molecule has 4 aliphatic rings. The molecule has 1 saturated carbocycles. The van der Waals surface area contributed by atoms with E-state index in [-0.39, 0.29) is 0 Å². The first kappa shape index (κ1) is 21.3. The zero-order valence-corrected chi connectivity index (χ0v) is 19.1. The lowest BCUT2D eigenvalue weighted by molar-refractivity contribution is -0.124. The Labute approximate surface area is 201 Å². The molecular formula is C25H24FN7O2. The van der Waals surface area contributed by atoms with Crippen LogP contribution in [-0.4, -0.2) is 65.3 Å². The standard InChI is InChI=1S/C25H24FN7O2/c1-28-19-11-23(32(21-10-17(21)26)33-22(24(27)35)12-30-25(19)33)31-8-6-16-15(3-2-4-20(16)31)18-9-14(13-34)5-7-29-18/h2-5,7,9,11-13,17,21-22,28H,6,8,10H2,1H3,(H2,27,35)/t17-,21+,22?/m0/s1. The van der Waals surface area contributed by atoms with Crippen molar-refractivity contribution in [3.05, 3.63) is 71.1 Å². The number of amides is 1. The molecule has 3 N–H and O–H groups in total. The Morgan fingerprint density at radius 2 is 2.11 bits per heavy atom. The lowest BCUT2D eigenvalue weighted by Crippen LogP contribution is -2.56. The minimum absolute atomic E-state index is 0.366. The normalized spacial score (nSPS) is 24.3. The van der Waals surface area contributed by atoms with Crippen LogP contribution in [0.4, 0.5) is 10.1 Å². The quantitative estimate of drug-likeness (QED) is 0.616. The molecule has 35 heavy (non-hydrogen) atoms. The van der Waals surface area contributed by atoms with Gasteiger partial charge in [0.05, 0.1) is 17.4 Å². The number of nitrogens with two attached hydrogens (primary N) is 1. The molecular weight excluding hydrogens is 449 g/mol. The van der Waals surface area contributed by atoms with Gasteiger partial charge in [0.2, 0.25) is 5.91 Å². The number of benzene rings is 1. The van der Waals surface area contributed by atoms with Gasteiger partial charge in [0, 0.05) is 55.3 Å². The van der Waals surface area contributed by atoms with E-state index in [1.807, 2.05) is 29.3 Å². The number of carbonyl (C=O) groups is 2. The van der Waals surface area contributed by atoms with Crippen LogP contribution in [0.2, 0.25) is 0 Å². The molecule has 0 radical (unpaired) electrons. The van der Waals surface area contributed by atoms with Crippen molar-refractivity contribution < 1.29 is 14.0 Å². The first-order chi connectivity index (χ1) is 17.0. The summed E-state index contributed by atoms with van der Waals surface area (Å²) in [5.74, 6) is 0.749. The maximum absolute atomic E-state index is 14.5. The van der Waals surface area contributed by atoms with Crippen LogP contribution < -0.4 is 16.0 Å². The van der Waals surface area contributed by atoms with E-state index in [2.05, 4.69) is 20.2 Å². The smallest absolute Gasteiger partial charge is 0.247 e. The van der Waals surface area contributed by atoms with Gasteiger partial charge in [-0.25, -0.2) is 14.4 Å². The number of primary amides is 1. The lowest BCUT2D eigenvalue weighted by atomic mass is 10.0. The second kappa shape index (κ2) is 7.93. The topological polar surface area (TPSA) is 107 Å². The average molecular weight is 474 g/mol. The van der Waals surface area contributed by atoms with E-state index in [0.717, 1.165) is 46.7 Å². The van der Waals surface area contributed by atoms with Crippen LogP contribution in [-0.2, 0) is 11.2 Å². The number of allylic oxidation sites excluding steroid dienone is 1. The van der Waals surface area contributed by atoms with E-state index in [1.165, 1.54) is 6.21 Å². The third kappa shape index (κ3) is 3.28. The van der Waals surface area contributed by atoms with Gasteiger partial charge in [-0.05, 0) is 30.2 Å². The van der Waals surface area contributed by atoms with Gasteiger partial charge in [-0.1, -0.05) is 12.1 Å². The summed E-state index contributed by atoms with van der Waals surface area (Å²) in [4.78, 5) is 34.6. The molecule has 2 aromatic rings. The molecule has 9 nitrogen and oxygen atoms in total. The van der Waals surface area contributed by atoms with E-state index in [0.29, 0.717) is 24.4 Å². The van der Waals surface area contributed by atoms with E-state index >= 15 is 0 Å². The minimum atomic E-state index is -1.01. The Kier molecular flexibility index (Phi) is 4.84. The Morgan fingerprint density at radius 1 is 1.29 bits per heavy atom. The number of nitrogens with zero attached hydrogens (tertiary/aromatic N) is 5. The Morgan fingerprint density at radius 3 is 2.83 bits per heavy atom. The molecule has 1 fully saturated rings. The molecule has 178 valence electrons. The van der Waals surface area contributed by atoms with Gasteiger partial charge >= 0.3 is 0 Å². The van der Waals surface area contributed by atoms with Crippen LogP contribution in [0.3, 0.4) is 0 Å². The first-order valence-electron chi connectivity index (χ1n) is 11.5. The largest absolute Gasteiger partial charge is 0.385 e. The average Bonchev–Trinajstić information content (AvgIpc) is 3.24. The second-order valence-corrected chi connectivity index (χ2v) is 8.92. The summed E-state index contributed by atoms with van der Waals surface area (Å²) in [6.07, 6.45) is 6.01. The molecule has 0 saturated heterocycles. The van der Waals surface area contributed by atoms with E-state index in [9.17, 15) is 14.0 Å². The number of hydrogen-bond donors (Lipinski definition) is 2. The summed E-state index contributed by atoms with van der Waals surface area (Å²) >= 11 is 0. The summed E-state index contributed by atoms with van der Waals surface area (Å²) in [7, 11) is 1.79. The van der Waals surface area contributed by atoms with E-state index in [4.69, 9.17) is 5.73 Å². The highest BCUT2D eigenvalue weighted by Crippen LogP contribution is 2.45. The Bertz CT molecular complexity index is 1340. The SMILES string of the molecule is CNC1=C2N=CC(C(N)=O)N2N([C@@H]2C[C@@H]2F)C(N2CCc3c(-c4cc(C=O)ccn4)cccc32)=C1. The highest BCUT2D eigenvalue weighted by atomic mass is 19.1. The number of hydrogen-bond acceptors (Lipinski definition) is 8. The molecule has 1 aromatic carbocycles. The Hall–Kier alpha value is -4.21. The molecule has 10 heteroatoms. The van der Waals surface area contributed by atoms with Gasteiger partial charge in [-0.15, -0.1) is 0 Å². The fourth-order valence-electron chi connectivity index (χ4n) is 5.09. The summed E-state index contributed by atoms with van der Waals surface area (Å²) in [5, 5.41) is 6.72. The van der Waals surface area contributed by atoms with Crippen molar-refractivity contribution in [2.75, 3.05) is 18.5 Å². The molecule has 4 heterocycles. The van der Waals surface area contributed by atoms with Crippen LogP contribution in [0, 0.1) is 0 Å². The fraction of sp³-hybridized carbons (Fsp3) is 0.280. The van der Waals surface area contributed by atoms with Crippen molar-refractivity contribution in [3.8, 4) is 11.3 Å². The van der Waals surface area contributed by atoms with Crippen molar-refractivity contribution >= 4 is 24.1 Å². The van der Waals surface area contributed by atoms with Crippen molar-refractivity contribution in [2.45, 2.75) is 31.1 Å². The predicted molar refractivity (Wildman–Crippen MR) is 129 cm³/mol. The van der Waals surface area contributed by atoms with E-state index < -0.39 is 24.2 Å². The van der Waals surface area contributed by atoms with E-state index in [1.54, 1.807) is 30.4 Å². The molecule has 3 aliphatic heterocycles. The van der Waals surface area contributed by atoms with Gasteiger partial charge in [0.1, 0.15) is 18.3 Å². The van der Waals surface area contributed by atoms with Crippen molar-refractivity contribution in [1.29, 1.82) is 0 Å². The zero-order valence-electron chi connectivity index (χ0n) is 19.1. The fourth-order valence-corrected chi connectivity index (χ4v) is 5.09. The number of pyridine rings is 1. The number of carbonyl (C=O) groups excluding carboxylic acids is 2. The number of alkyl halides is 1. The highest BCUT2D eigenvalue weighted by Gasteiger charge is 2.52. The number of likely N-dealkylation sites (N-methyl/N-ethyl adjacent to an activating group) is 1. The molecule has 1 unspecified atom stereocenters. The second-order valence-electron chi connectivity index (χ2n) is 8.92.